The zero-order valence-electron chi connectivity index (χ0n) is 13.1. The number of para-hydroxylation sites is 1. The second-order valence-corrected chi connectivity index (χ2v) is 5.09. The summed E-state index contributed by atoms with van der Waals surface area (Å²) in [7, 11) is 1.83. The van der Waals surface area contributed by atoms with Gasteiger partial charge in [0.15, 0.2) is 0 Å². The molecule has 22 heavy (non-hydrogen) atoms. The van der Waals surface area contributed by atoms with E-state index < -0.39 is 0 Å². The van der Waals surface area contributed by atoms with Crippen LogP contribution in [0.3, 0.4) is 0 Å². The van der Waals surface area contributed by atoms with E-state index >= 15 is 0 Å². The van der Waals surface area contributed by atoms with Crippen molar-refractivity contribution in [2.24, 2.45) is 0 Å². The number of nitrogens with one attached hydrogen (secondary N) is 2. The highest BCUT2D eigenvalue weighted by Gasteiger charge is 2.08. The lowest BCUT2D eigenvalue weighted by Crippen LogP contribution is -2.19. The first kappa shape index (κ1) is 16.0. The highest BCUT2D eigenvalue weighted by Crippen LogP contribution is 2.21. The molecule has 0 saturated heterocycles. The highest BCUT2D eigenvalue weighted by atomic mass is 16.5. The van der Waals surface area contributed by atoms with Gasteiger partial charge < -0.3 is 15.4 Å². The van der Waals surface area contributed by atoms with E-state index in [1.54, 1.807) is 0 Å². The van der Waals surface area contributed by atoms with E-state index in [1.165, 1.54) is 0 Å². The second-order valence-electron chi connectivity index (χ2n) is 5.09. The lowest BCUT2D eigenvalue weighted by Gasteiger charge is -2.13. The molecule has 2 aromatic rings. The standard InChI is InChI=1S/C18H22N2O2/c1-14-15(13-22-16-8-4-3-5-9-16)7-6-10-17(14)20-18(21)11-12-19-2/h3-10,19H,11-13H2,1-2H3,(H,20,21). The zero-order chi connectivity index (χ0) is 15.8. The molecule has 0 aliphatic carbocycles. The van der Waals surface area contributed by atoms with Gasteiger partial charge >= 0.3 is 0 Å². The molecule has 0 atom stereocenters. The first-order chi connectivity index (χ1) is 10.7. The Morgan fingerprint density at radius 1 is 1.09 bits per heavy atom. The van der Waals surface area contributed by atoms with Gasteiger partial charge in [-0.15, -0.1) is 0 Å². The molecule has 2 N–H and O–H groups in total. The van der Waals surface area contributed by atoms with Crippen LogP contribution in [0.15, 0.2) is 48.5 Å². The summed E-state index contributed by atoms with van der Waals surface area (Å²) in [6, 6.07) is 15.6. The number of hydrogen-bond donors (Lipinski definition) is 2. The summed E-state index contributed by atoms with van der Waals surface area (Å²) in [6.45, 7) is 3.15. The molecule has 0 aliphatic heterocycles. The summed E-state index contributed by atoms with van der Waals surface area (Å²) in [6.07, 6.45) is 0.459. The van der Waals surface area contributed by atoms with Crippen molar-refractivity contribution in [3.05, 3.63) is 59.7 Å². The smallest absolute Gasteiger partial charge is 0.225 e. The highest BCUT2D eigenvalue weighted by molar-refractivity contribution is 5.91. The second kappa shape index (κ2) is 8.20. The van der Waals surface area contributed by atoms with Crippen LogP contribution < -0.4 is 15.4 Å². The van der Waals surface area contributed by atoms with Gasteiger partial charge in [0, 0.05) is 18.7 Å². The molecule has 4 heteroatoms. The SMILES string of the molecule is CNCCC(=O)Nc1cccc(COc2ccccc2)c1C. The van der Waals surface area contributed by atoms with E-state index in [0.717, 1.165) is 22.6 Å². The number of ether oxygens (including phenoxy) is 1. The van der Waals surface area contributed by atoms with Crippen LogP contribution in [-0.4, -0.2) is 19.5 Å². The van der Waals surface area contributed by atoms with Crippen LogP contribution in [0.1, 0.15) is 17.5 Å². The van der Waals surface area contributed by atoms with Crippen LogP contribution in [0.25, 0.3) is 0 Å². The van der Waals surface area contributed by atoms with Crippen molar-refractivity contribution in [1.82, 2.24) is 5.32 Å². The maximum atomic E-state index is 11.8. The maximum absolute atomic E-state index is 11.8. The van der Waals surface area contributed by atoms with Crippen LogP contribution in [0.4, 0.5) is 5.69 Å². The van der Waals surface area contributed by atoms with E-state index in [0.29, 0.717) is 19.6 Å². The Balaban J connectivity index is 2.01. The van der Waals surface area contributed by atoms with E-state index in [-0.39, 0.29) is 5.91 Å². The molecule has 0 bridgehead atoms. The monoisotopic (exact) mass is 298 g/mol. The van der Waals surface area contributed by atoms with Crippen LogP contribution >= 0.6 is 0 Å². The number of hydrogen-bond acceptors (Lipinski definition) is 3. The van der Waals surface area contributed by atoms with Crippen molar-refractivity contribution < 1.29 is 9.53 Å². The van der Waals surface area contributed by atoms with Gasteiger partial charge in [-0.05, 0) is 43.3 Å². The molecule has 116 valence electrons. The molecule has 0 saturated carbocycles. The van der Waals surface area contributed by atoms with Crippen molar-refractivity contribution >= 4 is 11.6 Å². The van der Waals surface area contributed by atoms with Gasteiger partial charge in [0.1, 0.15) is 12.4 Å². The fraction of sp³-hybridized carbons (Fsp3) is 0.278. The number of amides is 1. The first-order valence-electron chi connectivity index (χ1n) is 7.41. The third-order valence-electron chi connectivity index (χ3n) is 3.46. The topological polar surface area (TPSA) is 50.4 Å². The fourth-order valence-electron chi connectivity index (χ4n) is 2.10. The molecule has 0 aliphatic rings. The zero-order valence-corrected chi connectivity index (χ0v) is 13.1. The summed E-state index contributed by atoms with van der Waals surface area (Å²) in [4.78, 5) is 11.8. The number of anilines is 1. The molecule has 2 aromatic carbocycles. The van der Waals surface area contributed by atoms with E-state index in [9.17, 15) is 4.79 Å². The van der Waals surface area contributed by atoms with Crippen molar-refractivity contribution in [1.29, 1.82) is 0 Å². The molecule has 0 aromatic heterocycles. The largest absolute Gasteiger partial charge is 0.489 e. The predicted molar refractivity (Wildman–Crippen MR) is 89.1 cm³/mol. The first-order valence-corrected chi connectivity index (χ1v) is 7.41. The van der Waals surface area contributed by atoms with Gasteiger partial charge in [-0.1, -0.05) is 30.3 Å². The van der Waals surface area contributed by atoms with Gasteiger partial charge in [0.05, 0.1) is 0 Å². The summed E-state index contributed by atoms with van der Waals surface area (Å²) >= 11 is 0. The Morgan fingerprint density at radius 3 is 2.59 bits per heavy atom. The average Bonchev–Trinajstić information content (AvgIpc) is 2.55. The molecule has 0 radical (unpaired) electrons. The number of rotatable bonds is 7. The Morgan fingerprint density at radius 2 is 1.86 bits per heavy atom. The molecule has 0 fully saturated rings. The fourth-order valence-corrected chi connectivity index (χ4v) is 2.10. The van der Waals surface area contributed by atoms with Gasteiger partial charge in [-0.3, -0.25) is 4.79 Å². The average molecular weight is 298 g/mol. The van der Waals surface area contributed by atoms with E-state index in [2.05, 4.69) is 10.6 Å². The van der Waals surface area contributed by atoms with Gasteiger partial charge in [0.2, 0.25) is 5.91 Å². The lowest BCUT2D eigenvalue weighted by atomic mass is 10.1. The minimum absolute atomic E-state index is 0.0126. The molecule has 0 heterocycles. The number of carbonyl (C=O) groups excluding carboxylic acids is 1. The number of carbonyl (C=O) groups is 1. The van der Waals surface area contributed by atoms with E-state index in [1.807, 2.05) is 62.5 Å². The van der Waals surface area contributed by atoms with Crippen LogP contribution in [0, 0.1) is 6.92 Å². The van der Waals surface area contributed by atoms with Crippen molar-refractivity contribution in [3.63, 3.8) is 0 Å². The van der Waals surface area contributed by atoms with Gasteiger partial charge in [0.25, 0.3) is 0 Å². The molecule has 4 nitrogen and oxygen atoms in total. The maximum Gasteiger partial charge on any atom is 0.225 e. The summed E-state index contributed by atoms with van der Waals surface area (Å²) in [5.74, 6) is 0.851. The van der Waals surface area contributed by atoms with Gasteiger partial charge in [-0.2, -0.15) is 0 Å². The predicted octanol–water partition coefficient (Wildman–Crippen LogP) is 3.12. The van der Waals surface area contributed by atoms with Crippen molar-refractivity contribution in [2.75, 3.05) is 18.9 Å². The summed E-state index contributed by atoms with van der Waals surface area (Å²) in [5.41, 5.74) is 2.95. The third-order valence-corrected chi connectivity index (χ3v) is 3.46. The van der Waals surface area contributed by atoms with E-state index in [4.69, 9.17) is 4.74 Å². The number of benzene rings is 2. The Bertz CT molecular complexity index is 612. The minimum Gasteiger partial charge on any atom is -0.489 e. The van der Waals surface area contributed by atoms with Crippen molar-refractivity contribution in [2.45, 2.75) is 20.0 Å². The lowest BCUT2D eigenvalue weighted by molar-refractivity contribution is -0.116. The summed E-state index contributed by atoms with van der Waals surface area (Å²) in [5, 5.41) is 5.92. The molecule has 2 rings (SSSR count). The third kappa shape index (κ3) is 4.60. The molecular formula is C18H22N2O2. The Kier molecular flexibility index (Phi) is 5.98. The van der Waals surface area contributed by atoms with Crippen LogP contribution in [0.5, 0.6) is 5.75 Å². The van der Waals surface area contributed by atoms with Gasteiger partial charge in [-0.25, -0.2) is 0 Å². The summed E-state index contributed by atoms with van der Waals surface area (Å²) < 4.78 is 5.78. The molecule has 0 spiro atoms. The Hall–Kier alpha value is -2.33. The molecule has 0 unspecified atom stereocenters. The minimum atomic E-state index is 0.0126. The quantitative estimate of drug-likeness (QED) is 0.825. The van der Waals surface area contributed by atoms with Crippen LogP contribution in [0.2, 0.25) is 0 Å². The molecular weight excluding hydrogens is 276 g/mol. The normalized spacial score (nSPS) is 10.3. The van der Waals surface area contributed by atoms with Crippen molar-refractivity contribution in [3.8, 4) is 5.75 Å². The Labute approximate surface area is 131 Å². The van der Waals surface area contributed by atoms with Crippen LogP contribution in [-0.2, 0) is 11.4 Å². The molecule has 1 amide bonds.